The molecule has 2 aliphatic rings. The van der Waals surface area contributed by atoms with E-state index < -0.39 is 0 Å². The lowest BCUT2D eigenvalue weighted by molar-refractivity contribution is 0.0564. The van der Waals surface area contributed by atoms with Crippen molar-refractivity contribution < 1.29 is 4.79 Å². The van der Waals surface area contributed by atoms with E-state index in [0.29, 0.717) is 30.4 Å². The number of nitrogens with zero attached hydrogens (tertiary/aromatic N) is 5. The Bertz CT molecular complexity index is 905. The summed E-state index contributed by atoms with van der Waals surface area (Å²) in [6.07, 6.45) is 7.13. The molecule has 2 saturated heterocycles. The van der Waals surface area contributed by atoms with Gasteiger partial charge in [0.1, 0.15) is 11.5 Å². The number of nitrogens with one attached hydrogen (secondary N) is 1. The van der Waals surface area contributed by atoms with Crippen LogP contribution in [0.5, 0.6) is 0 Å². The van der Waals surface area contributed by atoms with Crippen molar-refractivity contribution >= 4 is 11.7 Å². The van der Waals surface area contributed by atoms with Crippen LogP contribution in [0.25, 0.3) is 0 Å². The van der Waals surface area contributed by atoms with Crippen molar-refractivity contribution in [1.82, 2.24) is 25.1 Å². The van der Waals surface area contributed by atoms with E-state index in [4.69, 9.17) is 4.98 Å². The normalized spacial score (nSPS) is 22.8. The lowest BCUT2D eigenvalue weighted by Crippen LogP contribution is -2.51. The second kappa shape index (κ2) is 11.1. The fourth-order valence-electron chi connectivity index (χ4n) is 5.30. The highest BCUT2D eigenvalue weighted by molar-refractivity contribution is 5.92. The van der Waals surface area contributed by atoms with Crippen LogP contribution in [0.4, 0.5) is 5.82 Å². The van der Waals surface area contributed by atoms with Gasteiger partial charge in [-0.1, -0.05) is 12.1 Å². The summed E-state index contributed by atoms with van der Waals surface area (Å²) in [4.78, 5) is 29.1. The number of likely N-dealkylation sites (tertiary alicyclic amines) is 1. The number of piperidine rings is 1. The van der Waals surface area contributed by atoms with E-state index in [0.717, 1.165) is 44.0 Å². The van der Waals surface area contributed by atoms with Crippen LogP contribution in [0, 0.1) is 0 Å². The number of rotatable bonds is 6. The van der Waals surface area contributed by atoms with Crippen LogP contribution in [0.15, 0.2) is 42.7 Å². The standard InChI is InChI=1S/C26H38N6O/c1-20(2)32-14-10-23(17-21(32)3)30-12-6-13-31(16-15-30)25-9-4-8-24(29-25)26(33)28-19-22-7-5-11-27-18-22/h4-5,7-9,11,18,20-21,23H,6,10,12-17,19H2,1-3H3,(H,28,33). The summed E-state index contributed by atoms with van der Waals surface area (Å²) >= 11 is 0. The first-order valence-electron chi connectivity index (χ1n) is 12.4. The Balaban J connectivity index is 1.33. The molecule has 2 fully saturated rings. The Morgan fingerprint density at radius 2 is 2.00 bits per heavy atom. The molecule has 7 nitrogen and oxygen atoms in total. The first kappa shape index (κ1) is 23.6. The van der Waals surface area contributed by atoms with Crippen molar-refractivity contribution in [3.63, 3.8) is 0 Å². The zero-order valence-electron chi connectivity index (χ0n) is 20.3. The number of hydrogen-bond acceptors (Lipinski definition) is 6. The molecule has 4 rings (SSSR count). The summed E-state index contributed by atoms with van der Waals surface area (Å²) in [5, 5.41) is 2.95. The molecule has 0 radical (unpaired) electrons. The maximum absolute atomic E-state index is 12.7. The fourth-order valence-corrected chi connectivity index (χ4v) is 5.30. The summed E-state index contributed by atoms with van der Waals surface area (Å²) in [5.41, 5.74) is 1.44. The molecule has 2 aliphatic heterocycles. The van der Waals surface area contributed by atoms with Crippen LogP contribution in [-0.4, -0.2) is 76.5 Å². The Morgan fingerprint density at radius 1 is 1.12 bits per heavy atom. The third kappa shape index (κ3) is 6.09. The summed E-state index contributed by atoms with van der Waals surface area (Å²) < 4.78 is 0. The highest BCUT2D eigenvalue weighted by Crippen LogP contribution is 2.25. The van der Waals surface area contributed by atoms with Gasteiger partial charge in [-0.3, -0.25) is 19.6 Å². The van der Waals surface area contributed by atoms with Crippen molar-refractivity contribution in [3.05, 3.63) is 54.0 Å². The zero-order chi connectivity index (χ0) is 23.2. The third-order valence-electron chi connectivity index (χ3n) is 7.08. The van der Waals surface area contributed by atoms with Crippen LogP contribution in [-0.2, 0) is 6.54 Å². The minimum Gasteiger partial charge on any atom is -0.355 e. The minimum atomic E-state index is -0.150. The Labute approximate surface area is 198 Å². The lowest BCUT2D eigenvalue weighted by Gasteiger charge is -2.44. The van der Waals surface area contributed by atoms with E-state index >= 15 is 0 Å². The number of aromatic nitrogens is 2. The van der Waals surface area contributed by atoms with E-state index in [-0.39, 0.29) is 5.91 Å². The number of carbonyl (C=O) groups is 1. The van der Waals surface area contributed by atoms with Gasteiger partial charge in [-0.15, -0.1) is 0 Å². The van der Waals surface area contributed by atoms with Gasteiger partial charge in [0.15, 0.2) is 0 Å². The topological polar surface area (TPSA) is 64.6 Å². The molecule has 2 aromatic rings. The van der Waals surface area contributed by atoms with E-state index in [1.54, 1.807) is 18.5 Å². The lowest BCUT2D eigenvalue weighted by atomic mass is 9.95. The van der Waals surface area contributed by atoms with Gasteiger partial charge in [0, 0.05) is 69.8 Å². The fraction of sp³-hybridized carbons (Fsp3) is 0.577. The molecule has 178 valence electrons. The van der Waals surface area contributed by atoms with Gasteiger partial charge in [0.25, 0.3) is 5.91 Å². The van der Waals surface area contributed by atoms with Gasteiger partial charge in [0.2, 0.25) is 0 Å². The zero-order valence-corrected chi connectivity index (χ0v) is 20.3. The molecule has 4 heterocycles. The highest BCUT2D eigenvalue weighted by Gasteiger charge is 2.31. The largest absolute Gasteiger partial charge is 0.355 e. The van der Waals surface area contributed by atoms with Crippen molar-refractivity contribution in [2.24, 2.45) is 0 Å². The Kier molecular flexibility index (Phi) is 7.93. The Morgan fingerprint density at radius 3 is 2.76 bits per heavy atom. The molecule has 0 aromatic carbocycles. The third-order valence-corrected chi connectivity index (χ3v) is 7.08. The molecule has 0 bridgehead atoms. The van der Waals surface area contributed by atoms with Gasteiger partial charge >= 0.3 is 0 Å². The molecule has 2 aromatic heterocycles. The summed E-state index contributed by atoms with van der Waals surface area (Å²) in [6.45, 7) is 12.8. The van der Waals surface area contributed by atoms with Crippen molar-refractivity contribution in [1.29, 1.82) is 0 Å². The predicted molar refractivity (Wildman–Crippen MR) is 132 cm³/mol. The van der Waals surface area contributed by atoms with E-state index in [9.17, 15) is 4.79 Å². The summed E-state index contributed by atoms with van der Waals surface area (Å²) in [5.74, 6) is 0.747. The molecule has 2 atom stereocenters. The second-order valence-corrected chi connectivity index (χ2v) is 9.66. The maximum Gasteiger partial charge on any atom is 0.270 e. The van der Waals surface area contributed by atoms with Crippen molar-refractivity contribution in [2.75, 3.05) is 37.6 Å². The molecular weight excluding hydrogens is 412 g/mol. The highest BCUT2D eigenvalue weighted by atomic mass is 16.1. The summed E-state index contributed by atoms with van der Waals surface area (Å²) in [7, 11) is 0. The summed E-state index contributed by atoms with van der Waals surface area (Å²) in [6, 6.07) is 11.5. The second-order valence-electron chi connectivity index (χ2n) is 9.66. The molecule has 1 amide bonds. The quantitative estimate of drug-likeness (QED) is 0.729. The first-order chi connectivity index (χ1) is 16.0. The molecular formula is C26H38N6O. The number of hydrogen-bond donors (Lipinski definition) is 1. The molecule has 0 spiro atoms. The van der Waals surface area contributed by atoms with Gasteiger partial charge in [0.05, 0.1) is 0 Å². The number of amides is 1. The minimum absolute atomic E-state index is 0.150. The number of pyridine rings is 2. The molecule has 33 heavy (non-hydrogen) atoms. The van der Waals surface area contributed by atoms with Crippen LogP contribution in [0.3, 0.4) is 0 Å². The van der Waals surface area contributed by atoms with Gasteiger partial charge in [-0.05, 0) is 63.8 Å². The maximum atomic E-state index is 12.7. The van der Waals surface area contributed by atoms with E-state index in [1.165, 1.54) is 19.4 Å². The van der Waals surface area contributed by atoms with Gasteiger partial charge in [-0.25, -0.2) is 4.98 Å². The van der Waals surface area contributed by atoms with Crippen LogP contribution >= 0.6 is 0 Å². The van der Waals surface area contributed by atoms with Gasteiger partial charge < -0.3 is 10.2 Å². The van der Waals surface area contributed by atoms with Crippen LogP contribution < -0.4 is 10.2 Å². The van der Waals surface area contributed by atoms with Crippen molar-refractivity contribution in [2.45, 2.75) is 64.7 Å². The van der Waals surface area contributed by atoms with Crippen LogP contribution in [0.1, 0.15) is 56.1 Å². The van der Waals surface area contributed by atoms with Crippen LogP contribution in [0.2, 0.25) is 0 Å². The first-order valence-corrected chi connectivity index (χ1v) is 12.4. The molecule has 0 saturated carbocycles. The number of carbonyl (C=O) groups excluding carboxylic acids is 1. The molecule has 7 heteroatoms. The Hall–Kier alpha value is -2.51. The predicted octanol–water partition coefficient (Wildman–Crippen LogP) is 3.18. The number of anilines is 1. The van der Waals surface area contributed by atoms with Gasteiger partial charge in [-0.2, -0.15) is 0 Å². The van der Waals surface area contributed by atoms with E-state index in [2.05, 4.69) is 45.8 Å². The average Bonchev–Trinajstić information content (AvgIpc) is 3.09. The molecule has 2 unspecified atom stereocenters. The molecule has 0 aliphatic carbocycles. The molecule has 1 N–H and O–H groups in total. The monoisotopic (exact) mass is 450 g/mol. The SMILES string of the molecule is CC(C)N1CCC(N2CCCN(c3cccc(C(=O)NCc4cccnc4)n3)CC2)CC1C. The average molecular weight is 451 g/mol. The van der Waals surface area contributed by atoms with E-state index in [1.807, 2.05) is 24.3 Å². The smallest absolute Gasteiger partial charge is 0.270 e. The van der Waals surface area contributed by atoms with Crippen molar-refractivity contribution in [3.8, 4) is 0 Å².